The fourth-order valence-corrected chi connectivity index (χ4v) is 6.33. The number of carbonyl (C=O) groups is 2. The Morgan fingerprint density at radius 3 is 2.41 bits per heavy atom. The molecule has 3 aromatic rings. The lowest BCUT2D eigenvalue weighted by Gasteiger charge is -2.21. The minimum atomic E-state index is -0.468. The first kappa shape index (κ1) is 28.7. The number of halogens is 2. The molecule has 3 nitrogen and oxygen atoms in total. The Bertz CT molecular complexity index is 1480. The van der Waals surface area contributed by atoms with Crippen LogP contribution in [-0.2, 0) is 11.2 Å². The summed E-state index contributed by atoms with van der Waals surface area (Å²) < 4.78 is 33.6. The third kappa shape index (κ3) is 6.73. The largest absolute Gasteiger partial charge is 0.496 e. The van der Waals surface area contributed by atoms with Crippen LogP contribution in [0.2, 0.25) is 0 Å². The number of allylic oxidation sites excluding steroid dienone is 4. The Balaban J connectivity index is 1.39. The fraction of sp³-hybridized carbons (Fsp3) is 0.333. The Morgan fingerprint density at radius 2 is 1.71 bits per heavy atom. The quantitative estimate of drug-likeness (QED) is 0.176. The zero-order valence-corrected chi connectivity index (χ0v) is 23.7. The number of rotatable bonds is 11. The number of benzene rings is 3. The summed E-state index contributed by atoms with van der Waals surface area (Å²) in [4.78, 5) is 26.5. The first-order chi connectivity index (χ1) is 19.8. The number of carbonyl (C=O) groups excluding carboxylic acids is 2. The second-order valence-corrected chi connectivity index (χ2v) is 11.3. The highest BCUT2D eigenvalue weighted by Crippen LogP contribution is 2.47. The predicted molar refractivity (Wildman–Crippen MR) is 157 cm³/mol. The fourth-order valence-electron chi connectivity index (χ4n) is 6.33. The van der Waals surface area contributed by atoms with Crippen LogP contribution in [0.15, 0.2) is 90.0 Å². The SMILES string of the molecule is COc1c(CCC(=O)CCC2C=C(C)CC2)cccc1C1CC(c2ccc(F)cc2)C=C1C(=O)c1cccc(F)c1. The molecule has 0 aromatic heterocycles. The number of hydrogen-bond donors (Lipinski definition) is 0. The molecular weight excluding hydrogens is 518 g/mol. The van der Waals surface area contributed by atoms with Crippen molar-refractivity contribution in [2.75, 3.05) is 7.11 Å². The van der Waals surface area contributed by atoms with Gasteiger partial charge in [-0.2, -0.15) is 0 Å². The zero-order chi connectivity index (χ0) is 28.9. The molecule has 3 unspecified atom stereocenters. The van der Waals surface area contributed by atoms with Gasteiger partial charge in [0.25, 0.3) is 0 Å². The molecule has 2 aliphatic carbocycles. The third-order valence-electron chi connectivity index (χ3n) is 8.50. The normalized spacial score (nSPS) is 20.0. The summed E-state index contributed by atoms with van der Waals surface area (Å²) in [6.07, 6.45) is 9.56. The molecule has 3 atom stereocenters. The number of para-hydroxylation sites is 1. The summed E-state index contributed by atoms with van der Waals surface area (Å²) in [6.45, 7) is 2.15. The van der Waals surface area contributed by atoms with Gasteiger partial charge in [-0.05, 0) is 80.3 Å². The molecule has 5 heteroatoms. The van der Waals surface area contributed by atoms with E-state index in [-0.39, 0.29) is 34.8 Å². The number of methoxy groups -OCH3 is 1. The predicted octanol–water partition coefficient (Wildman–Crippen LogP) is 8.69. The molecular formula is C36H36F2O3. The van der Waals surface area contributed by atoms with Gasteiger partial charge in [0.2, 0.25) is 0 Å². The molecule has 5 rings (SSSR count). The van der Waals surface area contributed by atoms with Gasteiger partial charge in [0.05, 0.1) is 7.11 Å². The molecule has 0 heterocycles. The Morgan fingerprint density at radius 1 is 0.927 bits per heavy atom. The van der Waals surface area contributed by atoms with Crippen LogP contribution >= 0.6 is 0 Å². The lowest BCUT2D eigenvalue weighted by atomic mass is 9.85. The monoisotopic (exact) mass is 554 g/mol. The lowest BCUT2D eigenvalue weighted by molar-refractivity contribution is -0.119. The average molecular weight is 555 g/mol. The molecule has 0 aliphatic heterocycles. The Hall–Kier alpha value is -3.86. The molecule has 0 spiro atoms. The van der Waals surface area contributed by atoms with Gasteiger partial charge in [-0.3, -0.25) is 9.59 Å². The van der Waals surface area contributed by atoms with E-state index in [0.717, 1.165) is 36.0 Å². The van der Waals surface area contributed by atoms with Gasteiger partial charge in [-0.1, -0.05) is 60.2 Å². The molecule has 2 aliphatic rings. The zero-order valence-electron chi connectivity index (χ0n) is 23.7. The first-order valence-electron chi connectivity index (χ1n) is 14.4. The van der Waals surface area contributed by atoms with E-state index in [9.17, 15) is 18.4 Å². The average Bonchev–Trinajstić information content (AvgIpc) is 3.61. The topological polar surface area (TPSA) is 43.4 Å². The number of hydrogen-bond acceptors (Lipinski definition) is 3. The van der Waals surface area contributed by atoms with Gasteiger partial charge in [0.1, 0.15) is 23.2 Å². The van der Waals surface area contributed by atoms with Crippen LogP contribution in [0.1, 0.15) is 84.3 Å². The van der Waals surface area contributed by atoms with Crippen LogP contribution in [0.3, 0.4) is 0 Å². The Labute approximate surface area is 240 Å². The maximum absolute atomic E-state index is 14.0. The molecule has 0 bridgehead atoms. The van der Waals surface area contributed by atoms with Crippen molar-refractivity contribution in [2.24, 2.45) is 5.92 Å². The molecule has 0 saturated heterocycles. The molecule has 0 N–H and O–H groups in total. The molecule has 0 radical (unpaired) electrons. The summed E-state index contributed by atoms with van der Waals surface area (Å²) in [6, 6.07) is 17.9. The molecule has 212 valence electrons. The van der Waals surface area contributed by atoms with Crippen molar-refractivity contribution < 1.29 is 23.1 Å². The standard InChI is InChI=1S/C36H36F2O3/c1-23-9-10-24(19-23)11-17-31(39)18-14-26-5-4-8-32(36(26)41-2)33-21-28(25-12-15-29(37)16-13-25)22-34(33)35(40)27-6-3-7-30(38)20-27/h3-8,12-13,15-16,19-20,22,24,28,33H,9-11,14,17-18,21H2,1-2H3. The smallest absolute Gasteiger partial charge is 0.189 e. The second kappa shape index (κ2) is 12.8. The molecule has 0 amide bonds. The van der Waals surface area contributed by atoms with E-state index in [1.54, 1.807) is 25.3 Å². The van der Waals surface area contributed by atoms with Gasteiger partial charge < -0.3 is 4.74 Å². The van der Waals surface area contributed by atoms with E-state index in [1.165, 1.54) is 35.9 Å². The number of ketones is 2. The minimum absolute atomic E-state index is 0.115. The van der Waals surface area contributed by atoms with Crippen LogP contribution in [0, 0.1) is 17.6 Å². The van der Waals surface area contributed by atoms with E-state index in [2.05, 4.69) is 13.0 Å². The molecule has 41 heavy (non-hydrogen) atoms. The highest BCUT2D eigenvalue weighted by atomic mass is 19.1. The van der Waals surface area contributed by atoms with Crippen LogP contribution in [0.4, 0.5) is 8.78 Å². The second-order valence-electron chi connectivity index (χ2n) is 11.3. The van der Waals surface area contributed by atoms with E-state index >= 15 is 0 Å². The van der Waals surface area contributed by atoms with Crippen LogP contribution in [0.5, 0.6) is 5.75 Å². The number of aryl methyl sites for hydroxylation is 1. The van der Waals surface area contributed by atoms with E-state index in [4.69, 9.17) is 4.74 Å². The van der Waals surface area contributed by atoms with Gasteiger partial charge >= 0.3 is 0 Å². The highest BCUT2D eigenvalue weighted by molar-refractivity contribution is 6.10. The summed E-state index contributed by atoms with van der Waals surface area (Å²) in [5.41, 5.74) is 4.97. The van der Waals surface area contributed by atoms with Gasteiger partial charge in [0, 0.05) is 41.4 Å². The van der Waals surface area contributed by atoms with Crippen LogP contribution in [0.25, 0.3) is 0 Å². The van der Waals surface area contributed by atoms with Gasteiger partial charge in [-0.15, -0.1) is 0 Å². The maximum atomic E-state index is 14.0. The molecule has 0 saturated carbocycles. The Kier molecular flexibility index (Phi) is 8.92. The lowest BCUT2D eigenvalue weighted by Crippen LogP contribution is -2.12. The third-order valence-corrected chi connectivity index (χ3v) is 8.50. The number of ether oxygens (including phenoxy) is 1. The minimum Gasteiger partial charge on any atom is -0.496 e. The summed E-state index contributed by atoms with van der Waals surface area (Å²) in [5.74, 6) is -0.00879. The summed E-state index contributed by atoms with van der Waals surface area (Å²) in [5, 5.41) is 0. The highest BCUT2D eigenvalue weighted by Gasteiger charge is 2.35. The van der Waals surface area contributed by atoms with Crippen LogP contribution in [-0.4, -0.2) is 18.7 Å². The van der Waals surface area contributed by atoms with Crippen molar-refractivity contribution in [1.82, 2.24) is 0 Å². The van der Waals surface area contributed by atoms with Crippen molar-refractivity contribution in [2.45, 2.75) is 63.7 Å². The van der Waals surface area contributed by atoms with Crippen molar-refractivity contribution >= 4 is 11.6 Å². The molecule has 0 fully saturated rings. The van der Waals surface area contributed by atoms with Crippen molar-refractivity contribution in [3.63, 3.8) is 0 Å². The summed E-state index contributed by atoms with van der Waals surface area (Å²) >= 11 is 0. The van der Waals surface area contributed by atoms with E-state index in [0.29, 0.717) is 42.9 Å². The summed E-state index contributed by atoms with van der Waals surface area (Å²) in [7, 11) is 1.61. The molecule has 3 aromatic carbocycles. The first-order valence-corrected chi connectivity index (χ1v) is 14.4. The number of Topliss-reactive ketones (excluding diaryl/α,β-unsaturated/α-hetero) is 2. The van der Waals surface area contributed by atoms with E-state index < -0.39 is 5.82 Å². The van der Waals surface area contributed by atoms with Gasteiger partial charge in [-0.25, -0.2) is 8.78 Å². The maximum Gasteiger partial charge on any atom is 0.189 e. The van der Waals surface area contributed by atoms with Crippen molar-refractivity contribution in [1.29, 1.82) is 0 Å². The van der Waals surface area contributed by atoms with E-state index in [1.807, 2.05) is 24.3 Å². The van der Waals surface area contributed by atoms with Crippen LogP contribution < -0.4 is 4.74 Å². The van der Waals surface area contributed by atoms with Gasteiger partial charge in [0.15, 0.2) is 5.78 Å². The van der Waals surface area contributed by atoms with Crippen molar-refractivity contribution in [3.8, 4) is 5.75 Å². The van der Waals surface area contributed by atoms with Crippen molar-refractivity contribution in [3.05, 3.63) is 124 Å².